The number of ether oxygens (including phenoxy) is 1. The number of hydrogen-bond donors (Lipinski definition) is 0. The Hall–Kier alpha value is -3.19. The molecule has 0 bridgehead atoms. The summed E-state index contributed by atoms with van der Waals surface area (Å²) in [7, 11) is 0. The lowest BCUT2D eigenvalue weighted by molar-refractivity contribution is -0.0967. The van der Waals surface area contributed by atoms with E-state index in [0.29, 0.717) is 38.4 Å². The minimum atomic E-state index is -0.595. The zero-order valence-electron chi connectivity index (χ0n) is 16.4. The van der Waals surface area contributed by atoms with E-state index in [1.165, 1.54) is 18.3 Å². The summed E-state index contributed by atoms with van der Waals surface area (Å²) in [5.41, 5.74) is 2.29. The zero-order chi connectivity index (χ0) is 20.6. The van der Waals surface area contributed by atoms with Crippen molar-refractivity contribution in [3.8, 4) is 11.4 Å². The molecule has 30 heavy (non-hydrogen) atoms. The van der Waals surface area contributed by atoms with E-state index in [-0.39, 0.29) is 11.6 Å². The van der Waals surface area contributed by atoms with Gasteiger partial charge in [-0.05, 0) is 37.0 Å². The Morgan fingerprint density at radius 3 is 2.63 bits per heavy atom. The van der Waals surface area contributed by atoms with E-state index in [0.717, 1.165) is 23.2 Å². The Bertz CT molecular complexity index is 1080. The number of carbonyl (C=O) groups excluding carboxylic acids is 1. The summed E-state index contributed by atoms with van der Waals surface area (Å²) in [6, 6.07) is 12.6. The fraction of sp³-hybridized carbons (Fsp3) is 0.304. The van der Waals surface area contributed by atoms with Gasteiger partial charge >= 0.3 is 0 Å². The summed E-state index contributed by atoms with van der Waals surface area (Å²) in [5.74, 6) is -0.303. The van der Waals surface area contributed by atoms with E-state index in [1.807, 2.05) is 36.5 Å². The molecule has 0 unspecified atom stereocenters. The van der Waals surface area contributed by atoms with Crippen molar-refractivity contribution in [2.75, 3.05) is 19.7 Å². The summed E-state index contributed by atoms with van der Waals surface area (Å²) < 4.78 is 20.3. The van der Waals surface area contributed by atoms with Crippen LogP contribution in [-0.4, -0.2) is 45.5 Å². The lowest BCUT2D eigenvalue weighted by Crippen LogP contribution is -2.49. The number of hydrogen-bond acceptors (Lipinski definition) is 5. The van der Waals surface area contributed by atoms with E-state index >= 15 is 0 Å². The number of fused-ring (bicyclic) bond motifs is 2. The van der Waals surface area contributed by atoms with Crippen LogP contribution in [0.25, 0.3) is 11.4 Å². The quantitative estimate of drug-likeness (QED) is 0.655. The maximum absolute atomic E-state index is 14.0. The largest absolute Gasteiger partial charge is 0.368 e. The van der Waals surface area contributed by atoms with Crippen LogP contribution in [0.4, 0.5) is 4.39 Å². The minimum Gasteiger partial charge on any atom is -0.368 e. The normalized spacial score (nSPS) is 17.6. The van der Waals surface area contributed by atoms with Crippen molar-refractivity contribution in [1.29, 1.82) is 0 Å². The summed E-state index contributed by atoms with van der Waals surface area (Å²) >= 11 is 0. The van der Waals surface area contributed by atoms with Gasteiger partial charge in [-0.2, -0.15) is 0 Å². The van der Waals surface area contributed by atoms with Crippen LogP contribution < -0.4 is 0 Å². The second-order valence-electron chi connectivity index (χ2n) is 7.65. The topological polar surface area (TPSA) is 68.2 Å². The third kappa shape index (κ3) is 3.25. The van der Waals surface area contributed by atoms with Crippen LogP contribution in [0, 0.1) is 5.82 Å². The number of benzene rings is 1. The first kappa shape index (κ1) is 18.8. The van der Waals surface area contributed by atoms with E-state index < -0.39 is 11.4 Å². The minimum absolute atomic E-state index is 0.132. The molecule has 0 radical (unpaired) electrons. The number of amides is 1. The van der Waals surface area contributed by atoms with Gasteiger partial charge in [-0.25, -0.2) is 19.3 Å². The van der Waals surface area contributed by atoms with Crippen LogP contribution in [0.3, 0.4) is 0 Å². The zero-order valence-corrected chi connectivity index (χ0v) is 16.4. The highest BCUT2D eigenvalue weighted by Gasteiger charge is 2.43. The second kappa shape index (κ2) is 7.57. The second-order valence-corrected chi connectivity index (χ2v) is 7.65. The molecule has 6 nitrogen and oxygen atoms in total. The van der Waals surface area contributed by atoms with E-state index in [4.69, 9.17) is 9.72 Å². The maximum Gasteiger partial charge on any atom is 0.275 e. The Labute approximate surface area is 173 Å². The lowest BCUT2D eigenvalue weighted by atomic mass is 9.83. The molecular weight excluding hydrogens is 383 g/mol. The van der Waals surface area contributed by atoms with Crippen LogP contribution in [0.5, 0.6) is 0 Å². The molecule has 2 aliphatic rings. The highest BCUT2D eigenvalue weighted by Crippen LogP contribution is 2.41. The molecule has 0 atom stereocenters. The van der Waals surface area contributed by atoms with Gasteiger partial charge in [0.05, 0.1) is 12.3 Å². The molecule has 1 spiro atoms. The summed E-state index contributed by atoms with van der Waals surface area (Å²) in [5, 5.41) is 0. The molecule has 0 saturated carbocycles. The number of likely N-dealkylation sites (tertiary alicyclic amines) is 1. The molecular formula is C23H21FN4O2. The third-order valence-electron chi connectivity index (χ3n) is 5.90. The van der Waals surface area contributed by atoms with Crippen LogP contribution >= 0.6 is 0 Å². The van der Waals surface area contributed by atoms with Crippen molar-refractivity contribution in [3.05, 3.63) is 77.6 Å². The molecule has 4 heterocycles. The Kier molecular flexibility index (Phi) is 4.75. The Morgan fingerprint density at radius 2 is 1.87 bits per heavy atom. The number of carbonyl (C=O) groups is 1. The molecule has 2 aliphatic heterocycles. The number of piperidine rings is 1. The van der Waals surface area contributed by atoms with Gasteiger partial charge in [-0.3, -0.25) is 4.79 Å². The predicted molar refractivity (Wildman–Crippen MR) is 108 cm³/mol. The standard InChI is InChI=1S/C23H21FN4O2/c24-18-7-4-11-25-19(18)22(29)28-12-9-23(10-13-28)20-17(8-14-30-23)15-26-21(27-20)16-5-2-1-3-6-16/h1-7,11,15H,8-10,12-14H2. The average Bonchev–Trinajstić information content (AvgIpc) is 2.80. The van der Waals surface area contributed by atoms with E-state index in [1.54, 1.807) is 4.90 Å². The van der Waals surface area contributed by atoms with Crippen molar-refractivity contribution < 1.29 is 13.9 Å². The fourth-order valence-electron chi connectivity index (χ4n) is 4.28. The SMILES string of the molecule is O=C(c1ncccc1F)N1CCC2(CC1)OCCc1cnc(-c3ccccc3)nc12. The smallest absolute Gasteiger partial charge is 0.275 e. The molecule has 3 aromatic rings. The Morgan fingerprint density at radius 1 is 1.07 bits per heavy atom. The first-order chi connectivity index (χ1) is 14.7. The van der Waals surface area contributed by atoms with Gasteiger partial charge in [0.25, 0.3) is 5.91 Å². The molecule has 1 saturated heterocycles. The number of halogens is 1. The van der Waals surface area contributed by atoms with Gasteiger partial charge < -0.3 is 9.64 Å². The van der Waals surface area contributed by atoms with Gasteiger partial charge in [0.1, 0.15) is 5.60 Å². The molecule has 1 amide bonds. The first-order valence-corrected chi connectivity index (χ1v) is 10.1. The molecule has 1 aromatic carbocycles. The third-order valence-corrected chi connectivity index (χ3v) is 5.90. The van der Waals surface area contributed by atoms with Crippen molar-refractivity contribution in [2.45, 2.75) is 24.9 Å². The highest BCUT2D eigenvalue weighted by molar-refractivity contribution is 5.92. The lowest BCUT2D eigenvalue weighted by Gasteiger charge is -2.44. The van der Waals surface area contributed by atoms with Crippen LogP contribution in [0.2, 0.25) is 0 Å². The average molecular weight is 404 g/mol. The fourth-order valence-corrected chi connectivity index (χ4v) is 4.28. The first-order valence-electron chi connectivity index (χ1n) is 10.1. The number of rotatable bonds is 2. The monoisotopic (exact) mass is 404 g/mol. The van der Waals surface area contributed by atoms with Crippen molar-refractivity contribution in [2.24, 2.45) is 0 Å². The van der Waals surface area contributed by atoms with Crippen LogP contribution in [0.15, 0.2) is 54.9 Å². The number of nitrogens with zero attached hydrogens (tertiary/aromatic N) is 4. The van der Waals surface area contributed by atoms with Gasteiger partial charge in [0.2, 0.25) is 0 Å². The molecule has 5 rings (SSSR count). The van der Waals surface area contributed by atoms with Gasteiger partial charge in [0.15, 0.2) is 17.3 Å². The Balaban J connectivity index is 1.41. The molecule has 152 valence electrons. The molecule has 7 heteroatoms. The predicted octanol–water partition coefficient (Wildman–Crippen LogP) is 3.38. The molecule has 1 fully saturated rings. The number of aromatic nitrogens is 3. The van der Waals surface area contributed by atoms with Crippen LogP contribution in [-0.2, 0) is 16.8 Å². The maximum atomic E-state index is 14.0. The van der Waals surface area contributed by atoms with Gasteiger partial charge in [-0.15, -0.1) is 0 Å². The highest BCUT2D eigenvalue weighted by atomic mass is 19.1. The van der Waals surface area contributed by atoms with E-state index in [9.17, 15) is 9.18 Å². The summed E-state index contributed by atoms with van der Waals surface area (Å²) in [4.78, 5) is 27.7. The van der Waals surface area contributed by atoms with Crippen molar-refractivity contribution in [3.63, 3.8) is 0 Å². The van der Waals surface area contributed by atoms with Crippen molar-refractivity contribution in [1.82, 2.24) is 19.9 Å². The summed E-state index contributed by atoms with van der Waals surface area (Å²) in [6.45, 7) is 1.52. The van der Waals surface area contributed by atoms with E-state index in [2.05, 4.69) is 9.97 Å². The summed E-state index contributed by atoms with van der Waals surface area (Å²) in [6.07, 6.45) is 5.31. The van der Waals surface area contributed by atoms with Crippen LogP contribution in [0.1, 0.15) is 34.6 Å². The molecule has 2 aromatic heterocycles. The van der Waals surface area contributed by atoms with Gasteiger partial charge in [-0.1, -0.05) is 30.3 Å². The molecule has 0 N–H and O–H groups in total. The number of pyridine rings is 1. The molecule has 0 aliphatic carbocycles. The van der Waals surface area contributed by atoms with Crippen molar-refractivity contribution >= 4 is 5.91 Å². The van der Waals surface area contributed by atoms with Gasteiger partial charge in [0, 0.05) is 31.0 Å².